The van der Waals surface area contributed by atoms with Gasteiger partial charge in [0, 0.05) is 31.5 Å². The molecule has 1 fully saturated rings. The van der Waals surface area contributed by atoms with Gasteiger partial charge in [0.05, 0.1) is 0 Å². The maximum atomic E-state index is 3.56. The minimum atomic E-state index is 0.789. The van der Waals surface area contributed by atoms with E-state index in [1.165, 1.54) is 31.7 Å². The van der Waals surface area contributed by atoms with Crippen molar-refractivity contribution in [2.45, 2.75) is 25.4 Å². The Bertz CT molecular complexity index is 516. The molecular weight excluding hydrogens is 341 g/mol. The molecule has 1 aromatic carbocycles. The van der Waals surface area contributed by atoms with Crippen LogP contribution in [0.5, 0.6) is 0 Å². The first-order valence-electron chi connectivity index (χ1n) is 5.90. The van der Waals surface area contributed by atoms with Crippen molar-refractivity contribution < 1.29 is 0 Å². The molecule has 3 rings (SSSR count). The van der Waals surface area contributed by atoms with Gasteiger partial charge in [-0.3, -0.25) is 0 Å². The lowest BCUT2D eigenvalue weighted by atomic mass is 10.2. The summed E-state index contributed by atoms with van der Waals surface area (Å²) < 4.78 is 1.33. The van der Waals surface area contributed by atoms with Gasteiger partial charge < -0.3 is 5.32 Å². The number of halogens is 1. The van der Waals surface area contributed by atoms with Crippen molar-refractivity contribution in [2.75, 3.05) is 0 Å². The molecule has 17 heavy (non-hydrogen) atoms. The highest BCUT2D eigenvalue weighted by Crippen LogP contribution is 2.31. The van der Waals surface area contributed by atoms with Crippen LogP contribution in [0.2, 0.25) is 0 Å². The van der Waals surface area contributed by atoms with Crippen molar-refractivity contribution >= 4 is 33.9 Å². The third-order valence-electron chi connectivity index (χ3n) is 2.94. The first-order valence-corrected chi connectivity index (χ1v) is 7.79. The zero-order valence-corrected chi connectivity index (χ0v) is 12.4. The number of hydrogen-bond donors (Lipinski definition) is 1. The van der Waals surface area contributed by atoms with Crippen LogP contribution >= 0.6 is 33.9 Å². The Balaban J connectivity index is 1.77. The SMILES string of the molecule is Ic1ccccc1-c1ccc(CNC2CC2)s1. The maximum Gasteiger partial charge on any atom is 0.0356 e. The molecule has 0 spiro atoms. The third-order valence-corrected chi connectivity index (χ3v) is 5.00. The largest absolute Gasteiger partial charge is 0.309 e. The van der Waals surface area contributed by atoms with Gasteiger partial charge in [-0.2, -0.15) is 0 Å². The molecule has 2 aromatic rings. The van der Waals surface area contributed by atoms with E-state index in [0.29, 0.717) is 0 Å². The van der Waals surface area contributed by atoms with Gasteiger partial charge >= 0.3 is 0 Å². The summed E-state index contributed by atoms with van der Waals surface area (Å²) >= 11 is 4.31. The Kier molecular flexibility index (Phi) is 3.49. The van der Waals surface area contributed by atoms with Crippen LogP contribution in [-0.2, 0) is 6.54 Å². The van der Waals surface area contributed by atoms with Crippen molar-refractivity contribution in [3.05, 3.63) is 44.8 Å². The van der Waals surface area contributed by atoms with E-state index < -0.39 is 0 Å². The van der Waals surface area contributed by atoms with Crippen molar-refractivity contribution in [1.29, 1.82) is 0 Å². The zero-order chi connectivity index (χ0) is 11.7. The van der Waals surface area contributed by atoms with E-state index in [1.807, 2.05) is 11.3 Å². The molecule has 1 aliphatic rings. The van der Waals surface area contributed by atoms with E-state index in [-0.39, 0.29) is 0 Å². The summed E-state index contributed by atoms with van der Waals surface area (Å²) in [5.41, 5.74) is 1.36. The number of hydrogen-bond acceptors (Lipinski definition) is 2. The molecule has 3 heteroatoms. The van der Waals surface area contributed by atoms with Crippen LogP contribution in [0.1, 0.15) is 17.7 Å². The Hall–Kier alpha value is -0.390. The predicted octanol–water partition coefficient (Wildman–Crippen LogP) is 4.27. The highest BCUT2D eigenvalue weighted by molar-refractivity contribution is 14.1. The molecule has 0 amide bonds. The first kappa shape index (κ1) is 11.7. The monoisotopic (exact) mass is 355 g/mol. The summed E-state index contributed by atoms with van der Waals surface area (Å²) in [5.74, 6) is 0. The van der Waals surface area contributed by atoms with E-state index in [4.69, 9.17) is 0 Å². The average molecular weight is 355 g/mol. The fourth-order valence-corrected chi connectivity index (χ4v) is 3.67. The van der Waals surface area contributed by atoms with Crippen molar-refractivity contribution in [3.8, 4) is 10.4 Å². The molecule has 0 bridgehead atoms. The van der Waals surface area contributed by atoms with E-state index in [1.54, 1.807) is 0 Å². The average Bonchev–Trinajstić information content (AvgIpc) is 3.06. The molecule has 1 N–H and O–H groups in total. The second-order valence-electron chi connectivity index (χ2n) is 4.40. The summed E-state index contributed by atoms with van der Waals surface area (Å²) in [5, 5.41) is 3.56. The summed E-state index contributed by atoms with van der Waals surface area (Å²) in [6.07, 6.45) is 2.71. The van der Waals surface area contributed by atoms with Gasteiger partial charge in [-0.05, 0) is 53.6 Å². The number of thiophene rings is 1. The van der Waals surface area contributed by atoms with E-state index >= 15 is 0 Å². The van der Waals surface area contributed by atoms with Gasteiger partial charge in [0.25, 0.3) is 0 Å². The minimum Gasteiger partial charge on any atom is -0.309 e. The van der Waals surface area contributed by atoms with Gasteiger partial charge in [-0.15, -0.1) is 11.3 Å². The molecule has 1 saturated carbocycles. The molecule has 1 aliphatic carbocycles. The number of benzene rings is 1. The second-order valence-corrected chi connectivity index (χ2v) is 6.73. The van der Waals surface area contributed by atoms with Gasteiger partial charge in [0.1, 0.15) is 0 Å². The van der Waals surface area contributed by atoms with Gasteiger partial charge in [-0.1, -0.05) is 18.2 Å². The molecule has 1 aromatic heterocycles. The highest BCUT2D eigenvalue weighted by Gasteiger charge is 2.20. The maximum absolute atomic E-state index is 3.56. The zero-order valence-electron chi connectivity index (χ0n) is 9.45. The molecule has 0 radical (unpaired) electrons. The third kappa shape index (κ3) is 2.89. The lowest BCUT2D eigenvalue weighted by molar-refractivity contribution is 0.695. The van der Waals surface area contributed by atoms with Crippen LogP contribution in [0.3, 0.4) is 0 Å². The van der Waals surface area contributed by atoms with Crippen LogP contribution in [0.25, 0.3) is 10.4 Å². The highest BCUT2D eigenvalue weighted by atomic mass is 127. The molecule has 0 saturated heterocycles. The van der Waals surface area contributed by atoms with E-state index in [2.05, 4.69) is 64.3 Å². The molecule has 0 aliphatic heterocycles. The molecule has 1 nitrogen and oxygen atoms in total. The fourth-order valence-electron chi connectivity index (χ4n) is 1.81. The molecular formula is C14H14INS. The summed E-state index contributed by atoms with van der Waals surface area (Å²) in [4.78, 5) is 2.81. The Morgan fingerprint density at radius 3 is 2.76 bits per heavy atom. The van der Waals surface area contributed by atoms with Crippen LogP contribution in [0, 0.1) is 3.57 Å². The lowest BCUT2D eigenvalue weighted by Gasteiger charge is -2.01. The van der Waals surface area contributed by atoms with Crippen molar-refractivity contribution in [1.82, 2.24) is 5.32 Å². The molecule has 0 unspecified atom stereocenters. The van der Waals surface area contributed by atoms with Gasteiger partial charge in [0.2, 0.25) is 0 Å². The van der Waals surface area contributed by atoms with Gasteiger partial charge in [0.15, 0.2) is 0 Å². The van der Waals surface area contributed by atoms with Crippen LogP contribution in [0.4, 0.5) is 0 Å². The van der Waals surface area contributed by atoms with Crippen LogP contribution in [-0.4, -0.2) is 6.04 Å². The summed E-state index contributed by atoms with van der Waals surface area (Å²) in [7, 11) is 0. The molecule has 1 heterocycles. The minimum absolute atomic E-state index is 0.789. The quantitative estimate of drug-likeness (QED) is 0.808. The Morgan fingerprint density at radius 1 is 1.18 bits per heavy atom. The Labute approximate surface area is 119 Å². The second kappa shape index (κ2) is 5.08. The molecule has 88 valence electrons. The first-order chi connectivity index (χ1) is 8.33. The van der Waals surface area contributed by atoms with Crippen molar-refractivity contribution in [2.24, 2.45) is 0 Å². The lowest BCUT2D eigenvalue weighted by Crippen LogP contribution is -2.14. The predicted molar refractivity (Wildman–Crippen MR) is 82.3 cm³/mol. The van der Waals surface area contributed by atoms with E-state index in [0.717, 1.165) is 12.6 Å². The smallest absolute Gasteiger partial charge is 0.0356 e. The van der Waals surface area contributed by atoms with Crippen molar-refractivity contribution in [3.63, 3.8) is 0 Å². The Morgan fingerprint density at radius 2 is 2.00 bits per heavy atom. The van der Waals surface area contributed by atoms with Gasteiger partial charge in [-0.25, -0.2) is 0 Å². The number of nitrogens with one attached hydrogen (secondary N) is 1. The summed E-state index contributed by atoms with van der Waals surface area (Å²) in [6, 6.07) is 13.8. The molecule has 0 atom stereocenters. The summed E-state index contributed by atoms with van der Waals surface area (Å²) in [6.45, 7) is 1.03. The van der Waals surface area contributed by atoms with E-state index in [9.17, 15) is 0 Å². The normalized spacial score (nSPS) is 15.1. The van der Waals surface area contributed by atoms with Crippen LogP contribution in [0.15, 0.2) is 36.4 Å². The standard InChI is InChI=1S/C14H14INS/c15-13-4-2-1-3-12(13)14-8-7-11(17-14)9-16-10-5-6-10/h1-4,7-8,10,16H,5-6,9H2. The topological polar surface area (TPSA) is 12.0 Å². The fraction of sp³-hybridized carbons (Fsp3) is 0.286. The number of rotatable bonds is 4. The van der Waals surface area contributed by atoms with Crippen LogP contribution < -0.4 is 5.32 Å².